The lowest BCUT2D eigenvalue weighted by molar-refractivity contribution is 0.877. The molecule has 17 heavy (non-hydrogen) atoms. The van der Waals surface area contributed by atoms with E-state index in [4.69, 9.17) is 11.4 Å². The second-order valence-electron chi connectivity index (χ2n) is 4.13. The van der Waals surface area contributed by atoms with Crippen LogP contribution in [0.5, 0.6) is 0 Å². The summed E-state index contributed by atoms with van der Waals surface area (Å²) in [5.41, 5.74) is 16.8. The van der Waals surface area contributed by atoms with Crippen LogP contribution >= 0.6 is 11.7 Å². The van der Waals surface area contributed by atoms with E-state index in [9.17, 15) is 0 Å². The predicted molar refractivity (Wildman–Crippen MR) is 76.4 cm³/mol. The summed E-state index contributed by atoms with van der Waals surface area (Å²) in [6, 6.07) is 0. The number of aryl methyl sites for hydroxylation is 1. The SMILES string of the molecule is C#[SH]=Nc1c(N)c(C(C)C)c2nsnc2c1C. The minimum absolute atomic E-state index is 0.283. The fourth-order valence-electron chi connectivity index (χ4n) is 1.95. The van der Waals surface area contributed by atoms with Gasteiger partial charge >= 0.3 is 0 Å². The smallest absolute Gasteiger partial charge is 0.110 e. The van der Waals surface area contributed by atoms with Gasteiger partial charge in [-0.3, -0.25) is 0 Å². The second kappa shape index (κ2) is 4.49. The van der Waals surface area contributed by atoms with Gasteiger partial charge in [0.25, 0.3) is 0 Å². The molecule has 2 rings (SSSR count). The van der Waals surface area contributed by atoms with E-state index >= 15 is 0 Å². The Morgan fingerprint density at radius 1 is 1.35 bits per heavy atom. The predicted octanol–water partition coefficient (Wildman–Crippen LogP) is 2.92. The largest absolute Gasteiger partial charge is 0.397 e. The maximum Gasteiger partial charge on any atom is 0.110 e. The second-order valence-corrected chi connectivity index (χ2v) is 5.09. The average molecular weight is 266 g/mol. The van der Waals surface area contributed by atoms with Crippen LogP contribution in [0.2, 0.25) is 0 Å². The van der Waals surface area contributed by atoms with Crippen LogP contribution in [-0.2, 0) is 11.0 Å². The molecule has 0 fully saturated rings. The molecule has 2 N–H and O–H groups in total. The molecule has 2 aromatic rings. The molecular weight excluding hydrogens is 252 g/mol. The summed E-state index contributed by atoms with van der Waals surface area (Å²) in [5.74, 6) is 0.283. The molecule has 1 aromatic carbocycles. The van der Waals surface area contributed by atoms with E-state index < -0.39 is 0 Å². The van der Waals surface area contributed by atoms with Crippen molar-refractivity contribution in [3.05, 3.63) is 11.1 Å². The minimum atomic E-state index is 0.283. The summed E-state index contributed by atoms with van der Waals surface area (Å²) < 4.78 is 12.9. The number of anilines is 1. The maximum atomic E-state index is 6.18. The van der Waals surface area contributed by atoms with Crippen LogP contribution in [0.25, 0.3) is 11.0 Å². The number of rotatable bonds is 2. The fourth-order valence-corrected chi connectivity index (χ4v) is 2.94. The van der Waals surface area contributed by atoms with Gasteiger partial charge in [0, 0.05) is 11.1 Å². The van der Waals surface area contributed by atoms with Gasteiger partial charge in [-0.15, -0.1) is 16.7 Å². The summed E-state index contributed by atoms with van der Waals surface area (Å²) in [4.78, 5) is 0. The van der Waals surface area contributed by atoms with Crippen molar-refractivity contribution in [2.45, 2.75) is 26.7 Å². The Hall–Kier alpha value is -1.36. The van der Waals surface area contributed by atoms with Crippen molar-refractivity contribution in [3.8, 4) is 5.69 Å². The number of nitrogens with two attached hydrogens (primary N) is 1. The molecule has 0 atom stereocenters. The van der Waals surface area contributed by atoms with Crippen LogP contribution in [0.4, 0.5) is 11.4 Å². The van der Waals surface area contributed by atoms with Gasteiger partial charge in [0.15, 0.2) is 0 Å². The number of nitrogen functional groups attached to an aromatic ring is 1. The zero-order valence-corrected chi connectivity index (χ0v) is 11.6. The summed E-state index contributed by atoms with van der Waals surface area (Å²) >= 11 is 1.20. The van der Waals surface area contributed by atoms with Crippen LogP contribution in [0.3, 0.4) is 0 Å². The van der Waals surface area contributed by atoms with Gasteiger partial charge in [0.05, 0.1) is 17.4 Å². The Labute approximate surface area is 108 Å². The first kappa shape index (κ1) is 12.1. The molecular formula is C11H14N4S2. The number of fused-ring (bicyclic) bond motifs is 1. The summed E-state index contributed by atoms with van der Waals surface area (Å²) in [6.45, 7) is 6.13. The molecule has 90 valence electrons. The highest BCUT2D eigenvalue weighted by Gasteiger charge is 2.19. The third-order valence-corrected chi connectivity index (χ3v) is 3.58. The van der Waals surface area contributed by atoms with Crippen LogP contribution in [-0.4, -0.2) is 8.75 Å². The van der Waals surface area contributed by atoms with Crippen molar-refractivity contribution in [3.63, 3.8) is 0 Å². The molecule has 0 aliphatic heterocycles. The molecule has 1 heterocycles. The summed E-state index contributed by atoms with van der Waals surface area (Å²) in [5, 5.41) is 0. The summed E-state index contributed by atoms with van der Waals surface area (Å²) in [7, 11) is 0.457. The van der Waals surface area contributed by atoms with Crippen molar-refractivity contribution in [1.82, 2.24) is 8.75 Å². The van der Waals surface area contributed by atoms with E-state index in [2.05, 4.69) is 27.0 Å². The molecule has 0 bridgehead atoms. The van der Waals surface area contributed by atoms with Crippen LogP contribution in [0.1, 0.15) is 30.9 Å². The van der Waals surface area contributed by atoms with E-state index in [-0.39, 0.29) is 5.92 Å². The van der Waals surface area contributed by atoms with Gasteiger partial charge in [-0.2, -0.15) is 8.75 Å². The lowest BCUT2D eigenvalue weighted by atomic mass is 9.96. The van der Waals surface area contributed by atoms with E-state index in [0.717, 1.165) is 27.8 Å². The first-order chi connectivity index (χ1) is 8.07. The highest BCUT2D eigenvalue weighted by Crippen LogP contribution is 2.40. The number of nitrogens with zero attached hydrogens (tertiary/aromatic N) is 3. The van der Waals surface area contributed by atoms with Crippen molar-refractivity contribution < 1.29 is 0 Å². The normalized spacial score (nSPS) is 11.0. The van der Waals surface area contributed by atoms with Crippen molar-refractivity contribution in [2.75, 3.05) is 5.73 Å². The lowest BCUT2D eigenvalue weighted by Gasteiger charge is -2.13. The topological polar surface area (TPSA) is 64.2 Å². The molecule has 0 amide bonds. The summed E-state index contributed by atoms with van der Waals surface area (Å²) in [6.07, 6.45) is 0. The molecule has 1 aromatic heterocycles. The molecule has 6 heteroatoms. The molecule has 0 saturated carbocycles. The number of benzene rings is 1. The van der Waals surface area contributed by atoms with Gasteiger partial charge in [-0.1, -0.05) is 13.8 Å². The molecule has 0 saturated heterocycles. The highest BCUT2D eigenvalue weighted by molar-refractivity contribution is 7.56. The van der Waals surface area contributed by atoms with Crippen molar-refractivity contribution in [2.24, 2.45) is 4.36 Å². The number of thiol groups is 1. The quantitative estimate of drug-likeness (QED) is 0.649. The van der Waals surface area contributed by atoms with E-state index in [1.54, 1.807) is 0 Å². The van der Waals surface area contributed by atoms with E-state index in [0.29, 0.717) is 16.7 Å². The molecule has 0 unspecified atom stereocenters. The van der Waals surface area contributed by atoms with Gasteiger partial charge in [-0.25, -0.2) is 4.36 Å². The van der Waals surface area contributed by atoms with Gasteiger partial charge in [-0.05, 0) is 12.8 Å². The molecule has 0 radical (unpaired) electrons. The Bertz CT molecular complexity index is 670. The monoisotopic (exact) mass is 266 g/mol. The average Bonchev–Trinajstić information content (AvgIpc) is 2.72. The first-order valence-electron chi connectivity index (χ1n) is 5.23. The third kappa shape index (κ3) is 1.84. The molecule has 0 aliphatic rings. The van der Waals surface area contributed by atoms with Crippen LogP contribution in [0, 0.1) is 12.6 Å². The Balaban J connectivity index is 2.98. The zero-order chi connectivity index (χ0) is 12.6. The zero-order valence-electron chi connectivity index (χ0n) is 9.93. The van der Waals surface area contributed by atoms with Gasteiger partial charge in [0.1, 0.15) is 16.7 Å². The van der Waals surface area contributed by atoms with Crippen LogP contribution < -0.4 is 5.73 Å². The Morgan fingerprint density at radius 3 is 2.59 bits per heavy atom. The highest BCUT2D eigenvalue weighted by atomic mass is 32.1. The Kier molecular flexibility index (Phi) is 3.19. The number of hydrogen-bond acceptors (Lipinski definition) is 5. The molecule has 0 aliphatic carbocycles. The number of aromatic nitrogens is 2. The first-order valence-corrected chi connectivity index (χ1v) is 6.87. The Morgan fingerprint density at radius 2 is 2.00 bits per heavy atom. The molecule has 4 nitrogen and oxygen atoms in total. The van der Waals surface area contributed by atoms with Gasteiger partial charge < -0.3 is 5.73 Å². The minimum Gasteiger partial charge on any atom is -0.397 e. The van der Waals surface area contributed by atoms with Crippen LogP contribution in [0.15, 0.2) is 4.36 Å². The number of hydrogen-bond donors (Lipinski definition) is 2. The van der Waals surface area contributed by atoms with Crippen molar-refractivity contribution in [1.29, 1.82) is 0 Å². The third-order valence-electron chi connectivity index (χ3n) is 2.73. The van der Waals surface area contributed by atoms with Gasteiger partial charge in [0.2, 0.25) is 0 Å². The fraction of sp³-hybridized carbons (Fsp3) is 0.364. The van der Waals surface area contributed by atoms with E-state index in [1.165, 1.54) is 11.7 Å². The van der Waals surface area contributed by atoms with E-state index in [1.807, 2.05) is 6.92 Å². The lowest BCUT2D eigenvalue weighted by Crippen LogP contribution is -2.00. The van der Waals surface area contributed by atoms with Crippen molar-refractivity contribution >= 4 is 45.1 Å². The standard InChI is InChI=1S/C11H14N4S2/c1-5(2)7-8(12)9(13-16-4)6(3)10-11(7)15-17-14-10/h4-5,16H,12H2,1-3H3. The molecule has 0 spiro atoms. The maximum absolute atomic E-state index is 6.18.